The zero-order valence-electron chi connectivity index (χ0n) is 11.4. The Kier molecular flexibility index (Phi) is 3.65. The molecule has 0 spiro atoms. The first-order valence-electron chi connectivity index (χ1n) is 7.20. The van der Waals surface area contributed by atoms with Gasteiger partial charge in [-0.2, -0.15) is 0 Å². The maximum Gasteiger partial charge on any atom is 0.113 e. The Bertz CT molecular complexity index is 544. The highest BCUT2D eigenvalue weighted by Crippen LogP contribution is 2.34. The number of aromatic nitrogens is 2. The second kappa shape index (κ2) is 5.57. The largest absolute Gasteiger partial charge is 0.344 e. The number of aromatic amines is 1. The van der Waals surface area contributed by atoms with Gasteiger partial charge in [-0.15, -0.1) is 0 Å². The Morgan fingerprint density at radius 2 is 2.26 bits per heavy atom. The van der Waals surface area contributed by atoms with Gasteiger partial charge < -0.3 is 10.3 Å². The van der Waals surface area contributed by atoms with Crippen molar-refractivity contribution in [3.05, 3.63) is 53.1 Å². The van der Waals surface area contributed by atoms with Gasteiger partial charge in [0, 0.05) is 24.4 Å². The van der Waals surface area contributed by atoms with Crippen LogP contribution in [0.15, 0.2) is 30.5 Å². The van der Waals surface area contributed by atoms with Gasteiger partial charge in [-0.05, 0) is 36.9 Å². The van der Waals surface area contributed by atoms with Crippen LogP contribution in [-0.2, 0) is 13.0 Å². The third kappa shape index (κ3) is 2.56. The highest BCUT2D eigenvalue weighted by Gasteiger charge is 2.23. The molecule has 3 heteroatoms. The number of fused-ring (bicyclic) bond motifs is 1. The lowest BCUT2D eigenvalue weighted by Gasteiger charge is -2.23. The lowest BCUT2D eigenvalue weighted by Crippen LogP contribution is -2.13. The molecule has 1 aliphatic carbocycles. The van der Waals surface area contributed by atoms with Crippen molar-refractivity contribution in [2.24, 2.45) is 0 Å². The molecule has 3 rings (SSSR count). The molecule has 3 nitrogen and oxygen atoms in total. The van der Waals surface area contributed by atoms with E-state index in [1.165, 1.54) is 36.1 Å². The molecule has 0 aliphatic heterocycles. The van der Waals surface area contributed by atoms with E-state index in [-0.39, 0.29) is 0 Å². The van der Waals surface area contributed by atoms with Crippen LogP contribution in [0.25, 0.3) is 0 Å². The molecule has 1 aliphatic rings. The first kappa shape index (κ1) is 12.4. The summed E-state index contributed by atoms with van der Waals surface area (Å²) in [7, 11) is 0. The summed E-state index contributed by atoms with van der Waals surface area (Å²) in [5.74, 6) is 1.57. The first-order valence-corrected chi connectivity index (χ1v) is 7.20. The summed E-state index contributed by atoms with van der Waals surface area (Å²) in [5, 5.41) is 3.33. The quantitative estimate of drug-likeness (QED) is 0.881. The molecule has 100 valence electrons. The van der Waals surface area contributed by atoms with E-state index in [0.29, 0.717) is 5.92 Å². The monoisotopic (exact) mass is 255 g/mol. The predicted octanol–water partition coefficient (Wildman–Crippen LogP) is 2.99. The second-order valence-electron chi connectivity index (χ2n) is 5.22. The van der Waals surface area contributed by atoms with Gasteiger partial charge in [0.2, 0.25) is 0 Å². The second-order valence-corrected chi connectivity index (χ2v) is 5.22. The maximum atomic E-state index is 4.60. The molecule has 0 fully saturated rings. The van der Waals surface area contributed by atoms with E-state index in [4.69, 9.17) is 0 Å². The van der Waals surface area contributed by atoms with Crippen molar-refractivity contribution in [2.45, 2.75) is 38.6 Å². The average Bonchev–Trinajstić information content (AvgIpc) is 2.93. The Morgan fingerprint density at radius 3 is 3.16 bits per heavy atom. The summed E-state index contributed by atoms with van der Waals surface area (Å²) in [6, 6.07) is 8.79. The average molecular weight is 255 g/mol. The molecule has 0 radical (unpaired) electrons. The number of hydrogen-bond acceptors (Lipinski definition) is 2. The van der Waals surface area contributed by atoms with E-state index in [2.05, 4.69) is 46.5 Å². The molecule has 19 heavy (non-hydrogen) atoms. The third-order valence-corrected chi connectivity index (χ3v) is 3.91. The SMILES string of the molecule is CCNCc1cnc(C2CCCc3ccccc32)[nH]1. The molecule has 0 saturated heterocycles. The van der Waals surface area contributed by atoms with E-state index in [1.54, 1.807) is 0 Å². The summed E-state index contributed by atoms with van der Waals surface area (Å²) in [5.41, 5.74) is 4.13. The van der Waals surface area contributed by atoms with Crippen LogP contribution in [0.5, 0.6) is 0 Å². The van der Waals surface area contributed by atoms with Crippen LogP contribution in [0.2, 0.25) is 0 Å². The minimum absolute atomic E-state index is 0.445. The number of hydrogen-bond donors (Lipinski definition) is 2. The fraction of sp³-hybridized carbons (Fsp3) is 0.438. The summed E-state index contributed by atoms with van der Waals surface area (Å²) in [4.78, 5) is 8.08. The smallest absolute Gasteiger partial charge is 0.113 e. The Balaban J connectivity index is 1.85. The van der Waals surface area contributed by atoms with Crippen LogP contribution in [0.4, 0.5) is 0 Å². The number of imidazole rings is 1. The standard InChI is InChI=1S/C16H21N3/c1-2-17-10-13-11-18-16(19-13)15-9-5-7-12-6-3-4-8-14(12)15/h3-4,6,8,11,15,17H,2,5,7,9-10H2,1H3,(H,18,19). The Morgan fingerprint density at radius 1 is 1.37 bits per heavy atom. The Labute approximate surface area is 114 Å². The van der Waals surface area contributed by atoms with Crippen LogP contribution < -0.4 is 5.32 Å². The van der Waals surface area contributed by atoms with Crippen LogP contribution in [0, 0.1) is 0 Å². The molecule has 1 aromatic carbocycles. The highest BCUT2D eigenvalue weighted by atomic mass is 15.0. The number of nitrogens with one attached hydrogen (secondary N) is 2. The fourth-order valence-corrected chi connectivity index (χ4v) is 2.94. The van der Waals surface area contributed by atoms with Crippen molar-refractivity contribution in [3.63, 3.8) is 0 Å². The number of nitrogens with zero attached hydrogens (tertiary/aromatic N) is 1. The van der Waals surface area contributed by atoms with Crippen molar-refractivity contribution in [1.82, 2.24) is 15.3 Å². The van der Waals surface area contributed by atoms with Crippen molar-refractivity contribution in [2.75, 3.05) is 6.54 Å². The first-order chi connectivity index (χ1) is 9.38. The van der Waals surface area contributed by atoms with E-state index < -0.39 is 0 Å². The lowest BCUT2D eigenvalue weighted by atomic mass is 9.82. The van der Waals surface area contributed by atoms with E-state index in [1.807, 2.05) is 6.20 Å². The lowest BCUT2D eigenvalue weighted by molar-refractivity contribution is 0.593. The van der Waals surface area contributed by atoms with Crippen molar-refractivity contribution < 1.29 is 0 Å². The van der Waals surface area contributed by atoms with Crippen molar-refractivity contribution in [1.29, 1.82) is 0 Å². The van der Waals surface area contributed by atoms with E-state index in [0.717, 1.165) is 18.9 Å². The third-order valence-electron chi connectivity index (χ3n) is 3.91. The predicted molar refractivity (Wildman–Crippen MR) is 77.2 cm³/mol. The van der Waals surface area contributed by atoms with Gasteiger partial charge in [0.1, 0.15) is 5.82 Å². The molecule has 1 aromatic heterocycles. The molecule has 0 amide bonds. The number of rotatable bonds is 4. The summed E-state index contributed by atoms with van der Waals surface area (Å²) in [6.45, 7) is 3.98. The molecular weight excluding hydrogens is 234 g/mol. The number of H-pyrrole nitrogens is 1. The zero-order valence-corrected chi connectivity index (χ0v) is 11.4. The topological polar surface area (TPSA) is 40.7 Å². The van der Waals surface area contributed by atoms with Gasteiger partial charge in [0.25, 0.3) is 0 Å². The van der Waals surface area contributed by atoms with Crippen LogP contribution in [0.1, 0.15) is 48.3 Å². The summed E-state index contributed by atoms with van der Waals surface area (Å²) < 4.78 is 0. The maximum absolute atomic E-state index is 4.60. The molecule has 0 saturated carbocycles. The molecular formula is C16H21N3. The van der Waals surface area contributed by atoms with Gasteiger partial charge >= 0.3 is 0 Å². The van der Waals surface area contributed by atoms with Crippen LogP contribution >= 0.6 is 0 Å². The zero-order chi connectivity index (χ0) is 13.1. The van der Waals surface area contributed by atoms with Crippen LogP contribution in [-0.4, -0.2) is 16.5 Å². The minimum Gasteiger partial charge on any atom is -0.344 e. The minimum atomic E-state index is 0.445. The van der Waals surface area contributed by atoms with Gasteiger partial charge in [-0.1, -0.05) is 31.2 Å². The van der Waals surface area contributed by atoms with E-state index in [9.17, 15) is 0 Å². The van der Waals surface area contributed by atoms with Crippen molar-refractivity contribution in [3.8, 4) is 0 Å². The van der Waals surface area contributed by atoms with Crippen LogP contribution in [0.3, 0.4) is 0 Å². The normalized spacial score (nSPS) is 18.3. The summed E-state index contributed by atoms with van der Waals surface area (Å²) in [6.07, 6.45) is 5.63. The number of aryl methyl sites for hydroxylation is 1. The van der Waals surface area contributed by atoms with Gasteiger partial charge in [-0.25, -0.2) is 4.98 Å². The molecule has 0 bridgehead atoms. The highest BCUT2D eigenvalue weighted by molar-refractivity contribution is 5.36. The molecule has 1 atom stereocenters. The fourth-order valence-electron chi connectivity index (χ4n) is 2.94. The Hall–Kier alpha value is -1.61. The molecule has 1 heterocycles. The van der Waals surface area contributed by atoms with Gasteiger partial charge in [-0.3, -0.25) is 0 Å². The van der Waals surface area contributed by atoms with Gasteiger partial charge in [0.05, 0.1) is 0 Å². The van der Waals surface area contributed by atoms with Crippen molar-refractivity contribution >= 4 is 0 Å². The molecule has 1 unspecified atom stereocenters. The van der Waals surface area contributed by atoms with Gasteiger partial charge in [0.15, 0.2) is 0 Å². The number of benzene rings is 1. The van der Waals surface area contributed by atoms with E-state index >= 15 is 0 Å². The molecule has 2 aromatic rings. The molecule has 2 N–H and O–H groups in total. The summed E-state index contributed by atoms with van der Waals surface area (Å²) >= 11 is 0.